The van der Waals surface area contributed by atoms with Gasteiger partial charge in [-0.3, -0.25) is 4.79 Å². The first-order valence-corrected chi connectivity index (χ1v) is 5.77. The van der Waals surface area contributed by atoms with Crippen LogP contribution in [-0.4, -0.2) is 12.1 Å². The molecule has 3 fully saturated rings. The summed E-state index contributed by atoms with van der Waals surface area (Å²) in [5, 5.41) is 0. The van der Waals surface area contributed by atoms with Crippen LogP contribution in [0.5, 0.6) is 0 Å². The largest absolute Gasteiger partial charge is 0.303 e. The van der Waals surface area contributed by atoms with Crippen LogP contribution in [0.15, 0.2) is 0 Å². The van der Waals surface area contributed by atoms with Crippen LogP contribution in [0.2, 0.25) is 0 Å². The Bertz CT molecular complexity index is 297. The number of rotatable bonds is 1. The van der Waals surface area contributed by atoms with Crippen LogP contribution in [0.1, 0.15) is 38.5 Å². The molecule has 3 aliphatic carbocycles. The molecular formula is C12H16O2. The van der Waals surface area contributed by atoms with Gasteiger partial charge in [-0.2, -0.15) is 0 Å². The van der Waals surface area contributed by atoms with Gasteiger partial charge in [-0.05, 0) is 43.4 Å². The van der Waals surface area contributed by atoms with Gasteiger partial charge in [-0.15, -0.1) is 0 Å². The Morgan fingerprint density at radius 1 is 1.29 bits per heavy atom. The van der Waals surface area contributed by atoms with E-state index < -0.39 is 0 Å². The van der Waals surface area contributed by atoms with E-state index in [1.807, 2.05) is 0 Å². The normalized spacial score (nSPS) is 50.6. The Kier molecular flexibility index (Phi) is 1.65. The lowest BCUT2D eigenvalue weighted by Crippen LogP contribution is -2.53. The molecule has 4 atom stereocenters. The molecule has 3 aliphatic rings. The zero-order chi connectivity index (χ0) is 9.76. The zero-order valence-corrected chi connectivity index (χ0v) is 8.37. The van der Waals surface area contributed by atoms with Crippen molar-refractivity contribution >= 4 is 12.1 Å². The molecule has 0 bridgehead atoms. The van der Waals surface area contributed by atoms with Crippen molar-refractivity contribution in [2.24, 2.45) is 23.2 Å². The average molecular weight is 192 g/mol. The molecule has 4 unspecified atom stereocenters. The molecule has 0 aromatic rings. The Hall–Kier alpha value is -0.660. The molecule has 0 aromatic carbocycles. The lowest BCUT2D eigenvalue weighted by Gasteiger charge is -2.54. The van der Waals surface area contributed by atoms with E-state index in [0.29, 0.717) is 11.3 Å². The maximum Gasteiger partial charge on any atom is 0.146 e. The van der Waals surface area contributed by atoms with Crippen molar-refractivity contribution in [3.8, 4) is 0 Å². The molecule has 0 aromatic heterocycles. The summed E-state index contributed by atoms with van der Waals surface area (Å²) in [5.41, 5.74) is 0.372. The van der Waals surface area contributed by atoms with Crippen molar-refractivity contribution in [2.75, 3.05) is 0 Å². The third-order valence-electron chi connectivity index (χ3n) is 5.01. The molecule has 2 heteroatoms. The first-order chi connectivity index (χ1) is 6.78. The van der Waals surface area contributed by atoms with Crippen LogP contribution < -0.4 is 0 Å². The second-order valence-electron chi connectivity index (χ2n) is 5.29. The Labute approximate surface area is 84.1 Å². The summed E-state index contributed by atoms with van der Waals surface area (Å²) >= 11 is 0. The predicted octanol–water partition coefficient (Wildman–Crippen LogP) is 1.97. The number of aldehydes is 1. The molecule has 2 nitrogen and oxygen atoms in total. The second-order valence-corrected chi connectivity index (χ2v) is 5.29. The predicted molar refractivity (Wildman–Crippen MR) is 51.7 cm³/mol. The number of ketones is 1. The highest BCUT2D eigenvalue weighted by molar-refractivity contribution is 5.96. The smallest absolute Gasteiger partial charge is 0.146 e. The summed E-state index contributed by atoms with van der Waals surface area (Å²) < 4.78 is 0. The second kappa shape index (κ2) is 2.68. The quantitative estimate of drug-likeness (QED) is 0.470. The Balaban J connectivity index is 1.94. The number of hydrogen-bond donors (Lipinski definition) is 0. The standard InChI is InChI=1S/C12H16O2/c13-7-8-6-9-2-1-4-12(9)5-3-10(12)11(8)14/h7-10H,1-6H2. The molecule has 0 amide bonds. The van der Waals surface area contributed by atoms with Crippen LogP contribution in [0, 0.1) is 23.2 Å². The first-order valence-electron chi connectivity index (χ1n) is 5.77. The topological polar surface area (TPSA) is 34.1 Å². The van der Waals surface area contributed by atoms with Crippen LogP contribution in [0.4, 0.5) is 0 Å². The molecule has 0 radical (unpaired) electrons. The molecule has 0 aliphatic heterocycles. The molecule has 0 N–H and O–H groups in total. The van der Waals surface area contributed by atoms with E-state index in [4.69, 9.17) is 0 Å². The van der Waals surface area contributed by atoms with E-state index in [2.05, 4.69) is 0 Å². The monoisotopic (exact) mass is 192 g/mol. The average Bonchev–Trinajstić information content (AvgIpc) is 2.56. The molecule has 3 rings (SSSR count). The summed E-state index contributed by atoms with van der Waals surface area (Å²) in [4.78, 5) is 22.7. The molecule has 14 heavy (non-hydrogen) atoms. The van der Waals surface area contributed by atoms with Gasteiger partial charge in [-0.1, -0.05) is 6.42 Å². The van der Waals surface area contributed by atoms with Gasteiger partial charge in [0.1, 0.15) is 12.1 Å². The number of carbonyl (C=O) groups excluding carboxylic acids is 2. The van der Waals surface area contributed by atoms with E-state index in [9.17, 15) is 9.59 Å². The van der Waals surface area contributed by atoms with Gasteiger partial charge in [0.05, 0.1) is 5.92 Å². The fourth-order valence-corrected chi connectivity index (χ4v) is 4.20. The molecule has 0 heterocycles. The van der Waals surface area contributed by atoms with Crippen LogP contribution >= 0.6 is 0 Å². The van der Waals surface area contributed by atoms with Crippen molar-refractivity contribution in [1.29, 1.82) is 0 Å². The minimum absolute atomic E-state index is 0.253. The summed E-state index contributed by atoms with van der Waals surface area (Å²) in [6.45, 7) is 0. The Morgan fingerprint density at radius 3 is 2.79 bits per heavy atom. The van der Waals surface area contributed by atoms with E-state index in [1.54, 1.807) is 0 Å². The van der Waals surface area contributed by atoms with Crippen molar-refractivity contribution in [3.63, 3.8) is 0 Å². The van der Waals surface area contributed by atoms with Crippen molar-refractivity contribution in [1.82, 2.24) is 0 Å². The number of carbonyl (C=O) groups is 2. The molecule has 1 spiro atoms. The summed E-state index contributed by atoms with van der Waals surface area (Å²) in [6.07, 6.45) is 7.84. The fourth-order valence-electron chi connectivity index (χ4n) is 4.20. The highest BCUT2D eigenvalue weighted by Crippen LogP contribution is 2.64. The summed E-state index contributed by atoms with van der Waals surface area (Å²) in [7, 11) is 0. The third-order valence-corrected chi connectivity index (χ3v) is 5.01. The Morgan fingerprint density at radius 2 is 2.14 bits per heavy atom. The summed E-state index contributed by atoms with van der Waals surface area (Å²) in [6, 6.07) is 0. The van der Waals surface area contributed by atoms with Crippen LogP contribution in [-0.2, 0) is 9.59 Å². The SMILES string of the molecule is O=CC1CC2CCCC23CCC3C1=O. The van der Waals surface area contributed by atoms with E-state index >= 15 is 0 Å². The highest BCUT2D eigenvalue weighted by Gasteiger charge is 2.60. The van der Waals surface area contributed by atoms with Gasteiger partial charge in [0.2, 0.25) is 0 Å². The minimum Gasteiger partial charge on any atom is -0.303 e. The summed E-state index contributed by atoms with van der Waals surface area (Å²) in [5.74, 6) is 0.967. The third kappa shape index (κ3) is 0.825. The van der Waals surface area contributed by atoms with Gasteiger partial charge >= 0.3 is 0 Å². The van der Waals surface area contributed by atoms with Crippen molar-refractivity contribution in [3.05, 3.63) is 0 Å². The maximum atomic E-state index is 11.9. The van der Waals surface area contributed by atoms with Gasteiger partial charge in [-0.25, -0.2) is 0 Å². The zero-order valence-electron chi connectivity index (χ0n) is 8.37. The van der Waals surface area contributed by atoms with E-state index in [1.165, 1.54) is 25.7 Å². The molecule has 3 saturated carbocycles. The van der Waals surface area contributed by atoms with Crippen molar-refractivity contribution < 1.29 is 9.59 Å². The molecule has 76 valence electrons. The molecule has 0 saturated heterocycles. The maximum absolute atomic E-state index is 11.9. The van der Waals surface area contributed by atoms with Crippen LogP contribution in [0.3, 0.4) is 0 Å². The van der Waals surface area contributed by atoms with E-state index in [0.717, 1.165) is 19.1 Å². The lowest BCUT2D eigenvalue weighted by atomic mass is 9.48. The first kappa shape index (κ1) is 8.63. The van der Waals surface area contributed by atoms with Gasteiger partial charge in [0.15, 0.2) is 0 Å². The lowest BCUT2D eigenvalue weighted by molar-refractivity contribution is -0.152. The number of Topliss-reactive ketones (excluding diaryl/α,β-unsaturated/α-hetero) is 1. The fraction of sp³-hybridized carbons (Fsp3) is 0.833. The molecular weight excluding hydrogens is 176 g/mol. The van der Waals surface area contributed by atoms with Crippen LogP contribution in [0.25, 0.3) is 0 Å². The van der Waals surface area contributed by atoms with Gasteiger partial charge < -0.3 is 4.79 Å². The highest BCUT2D eigenvalue weighted by atomic mass is 16.1. The van der Waals surface area contributed by atoms with Gasteiger partial charge in [0.25, 0.3) is 0 Å². The van der Waals surface area contributed by atoms with Crippen molar-refractivity contribution in [2.45, 2.75) is 38.5 Å². The van der Waals surface area contributed by atoms with E-state index in [-0.39, 0.29) is 17.6 Å². The number of hydrogen-bond acceptors (Lipinski definition) is 2. The minimum atomic E-state index is -0.253. The van der Waals surface area contributed by atoms with Gasteiger partial charge in [0, 0.05) is 5.92 Å².